The summed E-state index contributed by atoms with van der Waals surface area (Å²) >= 11 is 22.3. The van der Waals surface area contributed by atoms with Gasteiger partial charge in [-0.2, -0.15) is 0 Å². The molecule has 6 heteroatoms. The summed E-state index contributed by atoms with van der Waals surface area (Å²) in [5.41, 5.74) is 3.25. The minimum Gasteiger partial charge on any atom is -0.341 e. The van der Waals surface area contributed by atoms with Crippen molar-refractivity contribution in [1.29, 1.82) is 0 Å². The van der Waals surface area contributed by atoms with Crippen molar-refractivity contribution in [2.75, 3.05) is 5.32 Å². The molecule has 0 spiro atoms. The van der Waals surface area contributed by atoms with Gasteiger partial charge in [0, 0.05) is 15.9 Å². The van der Waals surface area contributed by atoms with E-state index >= 15 is 0 Å². The second-order valence-corrected chi connectivity index (χ2v) is 7.73. The highest BCUT2D eigenvalue weighted by Crippen LogP contribution is 2.26. The molecule has 2 rings (SSSR count). The molecule has 110 valence electrons. The molecule has 2 aromatic rings. The largest absolute Gasteiger partial charge is 0.341 e. The molecule has 0 saturated heterocycles. The van der Waals surface area contributed by atoms with Crippen LogP contribution in [-0.4, -0.2) is 4.32 Å². The number of halogens is 3. The van der Waals surface area contributed by atoms with Crippen LogP contribution in [-0.2, 0) is 5.75 Å². The van der Waals surface area contributed by atoms with Crippen molar-refractivity contribution in [3.8, 4) is 0 Å². The summed E-state index contributed by atoms with van der Waals surface area (Å²) in [4.78, 5) is 0. The van der Waals surface area contributed by atoms with Crippen LogP contribution >= 0.6 is 63.1 Å². The van der Waals surface area contributed by atoms with Crippen LogP contribution in [0.25, 0.3) is 0 Å². The van der Waals surface area contributed by atoms with Gasteiger partial charge in [0.05, 0.1) is 10.0 Å². The van der Waals surface area contributed by atoms with Crippen molar-refractivity contribution in [1.82, 2.24) is 0 Å². The maximum atomic E-state index is 6.00. The predicted octanol–water partition coefficient (Wildman–Crippen LogP) is 6.69. The molecule has 21 heavy (non-hydrogen) atoms. The molecule has 2 aromatic carbocycles. The molecule has 0 aliphatic rings. The maximum absolute atomic E-state index is 6.00. The number of hydrogen-bond donors (Lipinski definition) is 1. The number of hydrogen-bond acceptors (Lipinski definition) is 2. The van der Waals surface area contributed by atoms with Gasteiger partial charge < -0.3 is 5.32 Å². The lowest BCUT2D eigenvalue weighted by molar-refractivity contribution is 1.42. The highest BCUT2D eigenvalue weighted by atomic mass is 79.9. The third kappa shape index (κ3) is 5.15. The van der Waals surface area contributed by atoms with Gasteiger partial charge in [-0.3, -0.25) is 0 Å². The second kappa shape index (κ2) is 7.84. The SMILES string of the molecule is Cc1ccc(NC(=S)SCc2ccc(Cl)c(Cl)c2)cc1Br. The van der Waals surface area contributed by atoms with Gasteiger partial charge >= 0.3 is 0 Å². The Balaban J connectivity index is 1.92. The van der Waals surface area contributed by atoms with Gasteiger partial charge in [-0.15, -0.1) is 0 Å². The van der Waals surface area contributed by atoms with E-state index < -0.39 is 0 Å². The number of rotatable bonds is 3. The quantitative estimate of drug-likeness (QED) is 0.555. The summed E-state index contributed by atoms with van der Waals surface area (Å²) in [6.45, 7) is 2.05. The fourth-order valence-corrected chi connectivity index (χ4v) is 3.26. The maximum Gasteiger partial charge on any atom is 0.138 e. The Morgan fingerprint density at radius 3 is 2.62 bits per heavy atom. The summed E-state index contributed by atoms with van der Waals surface area (Å²) in [7, 11) is 0. The van der Waals surface area contributed by atoms with Crippen LogP contribution in [0.1, 0.15) is 11.1 Å². The number of aryl methyl sites for hydroxylation is 1. The third-order valence-corrected chi connectivity index (χ3v) is 5.66. The predicted molar refractivity (Wildman–Crippen MR) is 103 cm³/mol. The summed E-state index contributed by atoms with van der Waals surface area (Å²) in [6.07, 6.45) is 0. The lowest BCUT2D eigenvalue weighted by atomic mass is 10.2. The highest BCUT2D eigenvalue weighted by Gasteiger charge is 2.04. The van der Waals surface area contributed by atoms with Gasteiger partial charge in [-0.05, 0) is 42.3 Å². The van der Waals surface area contributed by atoms with Crippen LogP contribution in [0.3, 0.4) is 0 Å². The van der Waals surface area contributed by atoms with E-state index in [0.717, 1.165) is 25.8 Å². The van der Waals surface area contributed by atoms with Crippen LogP contribution in [0, 0.1) is 6.92 Å². The van der Waals surface area contributed by atoms with Gasteiger partial charge in [0.2, 0.25) is 0 Å². The molecule has 0 atom stereocenters. The summed E-state index contributed by atoms with van der Waals surface area (Å²) in [6, 6.07) is 11.7. The molecule has 0 unspecified atom stereocenters. The molecule has 0 amide bonds. The Morgan fingerprint density at radius 1 is 1.19 bits per heavy atom. The third-order valence-electron chi connectivity index (χ3n) is 2.77. The minimum absolute atomic E-state index is 0.565. The lowest BCUT2D eigenvalue weighted by Crippen LogP contribution is -2.05. The van der Waals surface area contributed by atoms with E-state index in [0.29, 0.717) is 10.0 Å². The Hall–Kier alpha value is -0.260. The topological polar surface area (TPSA) is 12.0 Å². The van der Waals surface area contributed by atoms with E-state index in [1.807, 2.05) is 37.3 Å². The highest BCUT2D eigenvalue weighted by molar-refractivity contribution is 9.10. The van der Waals surface area contributed by atoms with E-state index in [4.69, 9.17) is 35.4 Å². The standard InChI is InChI=1S/C15H12BrCl2NS2/c1-9-2-4-11(7-12(9)16)19-15(20)21-8-10-3-5-13(17)14(18)6-10/h2-7H,8H2,1H3,(H,19,20). The zero-order chi connectivity index (χ0) is 15.4. The lowest BCUT2D eigenvalue weighted by Gasteiger charge is -2.09. The first kappa shape index (κ1) is 17.1. The van der Waals surface area contributed by atoms with Crippen LogP contribution in [0.5, 0.6) is 0 Å². The number of nitrogens with one attached hydrogen (secondary N) is 1. The van der Waals surface area contributed by atoms with Crippen molar-refractivity contribution < 1.29 is 0 Å². The molecule has 0 aliphatic carbocycles. The fourth-order valence-electron chi connectivity index (χ4n) is 1.60. The molecule has 0 aromatic heterocycles. The number of anilines is 1. The van der Waals surface area contributed by atoms with E-state index in [2.05, 4.69) is 21.2 Å². The molecular formula is C15H12BrCl2NS2. The summed E-state index contributed by atoms with van der Waals surface area (Å²) in [5.74, 6) is 0.746. The van der Waals surface area contributed by atoms with Crippen molar-refractivity contribution in [2.24, 2.45) is 0 Å². The fraction of sp³-hybridized carbons (Fsp3) is 0.133. The summed E-state index contributed by atoms with van der Waals surface area (Å²) in [5, 5.41) is 4.34. The van der Waals surface area contributed by atoms with Gasteiger partial charge in [-0.25, -0.2) is 0 Å². The molecule has 0 aliphatic heterocycles. The van der Waals surface area contributed by atoms with Gasteiger partial charge in [0.25, 0.3) is 0 Å². The molecule has 0 heterocycles. The van der Waals surface area contributed by atoms with Gasteiger partial charge in [0.1, 0.15) is 4.32 Å². The normalized spacial score (nSPS) is 10.5. The van der Waals surface area contributed by atoms with Crippen LogP contribution < -0.4 is 5.32 Å². The van der Waals surface area contributed by atoms with Crippen LogP contribution in [0.15, 0.2) is 40.9 Å². The molecule has 0 saturated carbocycles. The Labute approximate surface area is 152 Å². The number of thioether (sulfide) groups is 1. The number of benzene rings is 2. The first-order chi connectivity index (χ1) is 9.95. The smallest absolute Gasteiger partial charge is 0.138 e. The van der Waals surface area contributed by atoms with Gasteiger partial charge in [0.15, 0.2) is 0 Å². The average molecular weight is 421 g/mol. The van der Waals surface area contributed by atoms with Crippen LogP contribution in [0.4, 0.5) is 5.69 Å². The van der Waals surface area contributed by atoms with Crippen molar-refractivity contribution in [2.45, 2.75) is 12.7 Å². The van der Waals surface area contributed by atoms with E-state index in [-0.39, 0.29) is 0 Å². The monoisotopic (exact) mass is 419 g/mol. The zero-order valence-electron chi connectivity index (χ0n) is 11.1. The van der Waals surface area contributed by atoms with E-state index in [9.17, 15) is 0 Å². The zero-order valence-corrected chi connectivity index (χ0v) is 15.9. The van der Waals surface area contributed by atoms with Crippen molar-refractivity contribution in [3.05, 3.63) is 62.0 Å². The Bertz CT molecular complexity index is 677. The summed E-state index contributed by atoms with van der Waals surface area (Å²) < 4.78 is 1.78. The Kier molecular flexibility index (Phi) is 6.38. The molecule has 0 fully saturated rings. The molecule has 1 nitrogen and oxygen atoms in total. The van der Waals surface area contributed by atoms with Crippen molar-refractivity contribution in [3.63, 3.8) is 0 Å². The van der Waals surface area contributed by atoms with E-state index in [1.165, 1.54) is 5.56 Å². The van der Waals surface area contributed by atoms with Gasteiger partial charge in [-0.1, -0.05) is 75.2 Å². The average Bonchev–Trinajstić information content (AvgIpc) is 2.44. The van der Waals surface area contributed by atoms with Crippen molar-refractivity contribution >= 4 is 73.1 Å². The number of thiocarbonyl (C=S) groups is 1. The molecular weight excluding hydrogens is 409 g/mol. The molecule has 0 bridgehead atoms. The Morgan fingerprint density at radius 2 is 1.95 bits per heavy atom. The first-order valence-corrected chi connectivity index (χ1v) is 9.04. The van der Waals surface area contributed by atoms with Crippen LogP contribution in [0.2, 0.25) is 10.0 Å². The molecule has 1 N–H and O–H groups in total. The first-order valence-electron chi connectivity index (χ1n) is 6.09. The van der Waals surface area contributed by atoms with E-state index in [1.54, 1.807) is 17.8 Å². The molecule has 0 radical (unpaired) electrons. The second-order valence-electron chi connectivity index (χ2n) is 4.41. The minimum atomic E-state index is 0.565.